The lowest BCUT2D eigenvalue weighted by Crippen LogP contribution is -2.26. The number of alkyl halides is 1. The lowest BCUT2D eigenvalue weighted by molar-refractivity contribution is 0.548. The molecule has 0 spiro atoms. The summed E-state index contributed by atoms with van der Waals surface area (Å²) in [7, 11) is 0. The van der Waals surface area contributed by atoms with E-state index in [9.17, 15) is 0 Å². The molecule has 1 aliphatic rings. The molecule has 2 atom stereocenters. The zero-order chi connectivity index (χ0) is 13.3. The van der Waals surface area contributed by atoms with Crippen LogP contribution < -0.4 is 0 Å². The molecule has 2 unspecified atom stereocenters. The van der Waals surface area contributed by atoms with Crippen LogP contribution in [0.25, 0.3) is 0 Å². The van der Waals surface area contributed by atoms with Crippen molar-refractivity contribution < 1.29 is 0 Å². The smallest absolute Gasteiger partial charge is 0.0513 e. The summed E-state index contributed by atoms with van der Waals surface area (Å²) in [6.07, 6.45) is 4.21. The Hall–Kier alpha value is -1.34. The molecule has 1 fully saturated rings. The fourth-order valence-corrected chi connectivity index (χ4v) is 3.38. The highest BCUT2D eigenvalue weighted by Crippen LogP contribution is 2.56. The van der Waals surface area contributed by atoms with Gasteiger partial charge in [0.15, 0.2) is 0 Å². The Labute approximate surface area is 119 Å². The summed E-state index contributed by atoms with van der Waals surface area (Å²) in [6.45, 7) is 2.18. The van der Waals surface area contributed by atoms with Gasteiger partial charge in [-0.15, -0.1) is 11.6 Å². The van der Waals surface area contributed by atoms with Gasteiger partial charge in [0.05, 0.1) is 5.38 Å². The molecule has 0 aliphatic heterocycles. The quantitative estimate of drug-likeness (QED) is 0.745. The first-order valence-corrected chi connectivity index (χ1v) is 7.28. The summed E-state index contributed by atoms with van der Waals surface area (Å²) in [6, 6.07) is 16.7. The fourth-order valence-electron chi connectivity index (χ4n) is 2.90. The SMILES string of the molecule is CC(c1ccccn1)C(Cl)C1(c2ccccc2)CC1. The van der Waals surface area contributed by atoms with Gasteiger partial charge in [-0.3, -0.25) is 4.98 Å². The van der Waals surface area contributed by atoms with Gasteiger partial charge in [0.25, 0.3) is 0 Å². The van der Waals surface area contributed by atoms with Gasteiger partial charge in [0, 0.05) is 23.2 Å². The van der Waals surface area contributed by atoms with Crippen LogP contribution in [0.1, 0.15) is 36.9 Å². The molecule has 1 heterocycles. The Morgan fingerprint density at radius 1 is 1.05 bits per heavy atom. The molecule has 0 saturated heterocycles. The number of nitrogens with zero attached hydrogens (tertiary/aromatic N) is 1. The molecule has 1 aromatic heterocycles. The molecule has 1 aromatic carbocycles. The van der Waals surface area contributed by atoms with E-state index in [0.717, 1.165) is 5.69 Å². The Morgan fingerprint density at radius 3 is 2.32 bits per heavy atom. The predicted octanol–water partition coefficient (Wildman–Crippen LogP) is 4.52. The standard InChI is InChI=1S/C17H18ClN/c1-13(15-9-5-6-12-19-15)16(18)17(10-11-17)14-7-3-2-4-8-14/h2-9,12-13,16H,10-11H2,1H3. The van der Waals surface area contributed by atoms with Crippen molar-refractivity contribution >= 4 is 11.6 Å². The number of aromatic nitrogens is 1. The number of pyridine rings is 1. The first-order valence-electron chi connectivity index (χ1n) is 6.84. The molecule has 3 rings (SSSR count). The van der Waals surface area contributed by atoms with E-state index in [-0.39, 0.29) is 16.7 Å². The minimum Gasteiger partial charge on any atom is -0.261 e. The van der Waals surface area contributed by atoms with Crippen molar-refractivity contribution in [2.24, 2.45) is 0 Å². The highest BCUT2D eigenvalue weighted by Gasteiger charge is 2.51. The van der Waals surface area contributed by atoms with Crippen molar-refractivity contribution in [2.45, 2.75) is 36.5 Å². The second-order valence-electron chi connectivity index (χ2n) is 5.47. The average Bonchev–Trinajstić information content (AvgIpc) is 3.29. The van der Waals surface area contributed by atoms with Crippen LogP contribution in [0, 0.1) is 0 Å². The number of hydrogen-bond acceptors (Lipinski definition) is 1. The highest BCUT2D eigenvalue weighted by molar-refractivity contribution is 6.22. The van der Waals surface area contributed by atoms with Crippen molar-refractivity contribution in [2.75, 3.05) is 0 Å². The minimum atomic E-state index is 0.102. The van der Waals surface area contributed by atoms with E-state index < -0.39 is 0 Å². The molecule has 0 amide bonds. The van der Waals surface area contributed by atoms with Crippen LogP contribution in [-0.4, -0.2) is 10.4 Å². The topological polar surface area (TPSA) is 12.9 Å². The third kappa shape index (κ3) is 2.28. The summed E-state index contributed by atoms with van der Waals surface area (Å²) in [5, 5.41) is 0.102. The summed E-state index contributed by atoms with van der Waals surface area (Å²) < 4.78 is 0. The van der Waals surface area contributed by atoms with Crippen molar-refractivity contribution in [1.82, 2.24) is 4.98 Å². The molecule has 19 heavy (non-hydrogen) atoms. The van der Waals surface area contributed by atoms with Crippen LogP contribution >= 0.6 is 11.6 Å². The van der Waals surface area contributed by atoms with Gasteiger partial charge in [-0.25, -0.2) is 0 Å². The van der Waals surface area contributed by atoms with E-state index in [1.54, 1.807) is 0 Å². The molecular formula is C17H18ClN. The maximum Gasteiger partial charge on any atom is 0.0513 e. The molecule has 2 heteroatoms. The van der Waals surface area contributed by atoms with Crippen LogP contribution in [0.15, 0.2) is 54.7 Å². The lowest BCUT2D eigenvalue weighted by atomic mass is 9.84. The van der Waals surface area contributed by atoms with E-state index in [1.165, 1.54) is 18.4 Å². The van der Waals surface area contributed by atoms with Crippen LogP contribution in [0.2, 0.25) is 0 Å². The Balaban J connectivity index is 1.86. The van der Waals surface area contributed by atoms with Gasteiger partial charge in [0.2, 0.25) is 0 Å². The lowest BCUT2D eigenvalue weighted by Gasteiger charge is -2.27. The molecule has 1 nitrogen and oxygen atoms in total. The largest absolute Gasteiger partial charge is 0.261 e. The Kier molecular flexibility index (Phi) is 3.32. The first-order chi connectivity index (χ1) is 9.24. The molecule has 0 radical (unpaired) electrons. The molecule has 0 bridgehead atoms. The summed E-state index contributed by atoms with van der Waals surface area (Å²) in [4.78, 5) is 4.45. The number of rotatable bonds is 4. The minimum absolute atomic E-state index is 0.102. The molecule has 0 N–H and O–H groups in total. The molecular weight excluding hydrogens is 254 g/mol. The van der Waals surface area contributed by atoms with Gasteiger partial charge in [0.1, 0.15) is 0 Å². The zero-order valence-electron chi connectivity index (χ0n) is 11.1. The molecule has 2 aromatic rings. The maximum absolute atomic E-state index is 6.81. The van der Waals surface area contributed by atoms with Crippen LogP contribution in [0.4, 0.5) is 0 Å². The van der Waals surface area contributed by atoms with E-state index in [4.69, 9.17) is 11.6 Å². The van der Waals surface area contributed by atoms with Crippen molar-refractivity contribution in [3.05, 3.63) is 66.0 Å². The van der Waals surface area contributed by atoms with Crippen molar-refractivity contribution in [3.8, 4) is 0 Å². The van der Waals surface area contributed by atoms with E-state index >= 15 is 0 Å². The van der Waals surface area contributed by atoms with Crippen LogP contribution in [0.3, 0.4) is 0 Å². The third-order valence-corrected chi connectivity index (χ3v) is 5.05. The Morgan fingerprint density at radius 2 is 1.74 bits per heavy atom. The number of hydrogen-bond donors (Lipinski definition) is 0. The summed E-state index contributed by atoms with van der Waals surface area (Å²) in [5.74, 6) is 0.269. The molecule has 1 saturated carbocycles. The highest BCUT2D eigenvalue weighted by atomic mass is 35.5. The van der Waals surface area contributed by atoms with E-state index in [2.05, 4.69) is 48.3 Å². The first kappa shape index (κ1) is 12.7. The van der Waals surface area contributed by atoms with Gasteiger partial charge in [-0.2, -0.15) is 0 Å². The van der Waals surface area contributed by atoms with Crippen LogP contribution in [0.5, 0.6) is 0 Å². The predicted molar refractivity (Wildman–Crippen MR) is 79.6 cm³/mol. The summed E-state index contributed by atoms with van der Waals surface area (Å²) in [5.41, 5.74) is 2.61. The van der Waals surface area contributed by atoms with E-state index in [0.29, 0.717) is 0 Å². The zero-order valence-corrected chi connectivity index (χ0v) is 11.8. The van der Waals surface area contributed by atoms with Crippen molar-refractivity contribution in [3.63, 3.8) is 0 Å². The van der Waals surface area contributed by atoms with E-state index in [1.807, 2.05) is 18.3 Å². The van der Waals surface area contributed by atoms with Gasteiger partial charge >= 0.3 is 0 Å². The van der Waals surface area contributed by atoms with Crippen LogP contribution in [-0.2, 0) is 5.41 Å². The second kappa shape index (κ2) is 4.97. The Bertz CT molecular complexity index is 534. The van der Waals surface area contributed by atoms with Gasteiger partial charge in [-0.1, -0.05) is 43.3 Å². The maximum atomic E-state index is 6.81. The van der Waals surface area contributed by atoms with Gasteiger partial charge in [-0.05, 0) is 30.5 Å². The monoisotopic (exact) mass is 271 g/mol. The second-order valence-corrected chi connectivity index (χ2v) is 5.94. The average molecular weight is 272 g/mol. The molecule has 1 aliphatic carbocycles. The normalized spacial score (nSPS) is 19.7. The number of benzene rings is 1. The third-order valence-electron chi connectivity index (χ3n) is 4.26. The fraction of sp³-hybridized carbons (Fsp3) is 0.353. The van der Waals surface area contributed by atoms with Crippen molar-refractivity contribution in [1.29, 1.82) is 0 Å². The van der Waals surface area contributed by atoms with Gasteiger partial charge < -0.3 is 0 Å². The number of halogens is 1. The summed E-state index contributed by atoms with van der Waals surface area (Å²) >= 11 is 6.81. The molecule has 98 valence electrons.